The number of hydrogen-bond donors (Lipinski definition) is 1. The number of carbonyl (C=O) groups is 1. The molecule has 76 valence electrons. The summed E-state index contributed by atoms with van der Waals surface area (Å²) in [6, 6.07) is 3.91. The van der Waals surface area contributed by atoms with Crippen molar-refractivity contribution in [3.05, 3.63) is 35.4 Å². The molecule has 0 saturated heterocycles. The van der Waals surface area contributed by atoms with Crippen molar-refractivity contribution in [2.75, 3.05) is 0 Å². The Kier molecular flexibility index (Phi) is 3.17. The fraction of sp³-hybridized carbons (Fsp3) is 0.125. The van der Waals surface area contributed by atoms with Crippen LogP contribution in [0, 0.1) is 0 Å². The van der Waals surface area contributed by atoms with Gasteiger partial charge in [0.15, 0.2) is 0 Å². The Morgan fingerprint density at radius 1 is 1.21 bits per heavy atom. The smallest absolute Gasteiger partial charge is 0.280 e. The maximum absolute atomic E-state index is 12.1. The van der Waals surface area contributed by atoms with Crippen molar-refractivity contribution in [2.24, 2.45) is 5.14 Å². The molecule has 1 aromatic rings. The SMILES string of the molecule is NSC(=O)c1ccc(C(F)(F)F)cc1. The fourth-order valence-corrected chi connectivity index (χ4v) is 1.14. The Bertz CT molecular complexity index is 333. The Hall–Kier alpha value is -1.01. The first-order valence-corrected chi connectivity index (χ1v) is 4.41. The third-order valence-electron chi connectivity index (χ3n) is 1.55. The van der Waals surface area contributed by atoms with Crippen LogP contribution >= 0.6 is 11.9 Å². The standard InChI is InChI=1S/C8H6F3NOS/c9-8(10,11)6-3-1-5(2-4-6)7(13)14-12/h1-4H,12H2. The molecule has 0 atom stereocenters. The normalized spacial score (nSPS) is 11.4. The topological polar surface area (TPSA) is 43.1 Å². The van der Waals surface area contributed by atoms with E-state index < -0.39 is 16.9 Å². The maximum atomic E-state index is 12.1. The Morgan fingerprint density at radius 2 is 1.71 bits per heavy atom. The van der Waals surface area contributed by atoms with Gasteiger partial charge in [-0.25, -0.2) is 0 Å². The number of benzene rings is 1. The van der Waals surface area contributed by atoms with Crippen molar-refractivity contribution in [2.45, 2.75) is 6.18 Å². The number of hydrogen-bond acceptors (Lipinski definition) is 3. The van der Waals surface area contributed by atoms with E-state index in [4.69, 9.17) is 5.14 Å². The second-order valence-electron chi connectivity index (χ2n) is 2.48. The molecule has 0 aliphatic rings. The lowest BCUT2D eigenvalue weighted by molar-refractivity contribution is -0.137. The monoisotopic (exact) mass is 221 g/mol. The molecule has 2 nitrogen and oxygen atoms in total. The Balaban J connectivity index is 2.95. The van der Waals surface area contributed by atoms with Crippen LogP contribution in [-0.4, -0.2) is 5.12 Å². The number of alkyl halides is 3. The molecule has 6 heteroatoms. The summed E-state index contributed by atoms with van der Waals surface area (Å²) >= 11 is 0.471. The zero-order valence-corrected chi connectivity index (χ0v) is 7.65. The third kappa shape index (κ3) is 2.49. The molecule has 0 aliphatic heterocycles. The zero-order valence-electron chi connectivity index (χ0n) is 6.84. The van der Waals surface area contributed by atoms with Gasteiger partial charge in [-0.05, 0) is 36.2 Å². The highest BCUT2D eigenvalue weighted by Gasteiger charge is 2.30. The summed E-state index contributed by atoms with van der Waals surface area (Å²) in [5.74, 6) is 0. The fourth-order valence-electron chi connectivity index (χ4n) is 0.863. The van der Waals surface area contributed by atoms with Gasteiger partial charge >= 0.3 is 6.18 Å². The molecule has 0 bridgehead atoms. The maximum Gasteiger partial charge on any atom is 0.416 e. The molecule has 0 aliphatic carbocycles. The zero-order chi connectivity index (χ0) is 10.8. The average molecular weight is 221 g/mol. The molecule has 0 saturated carbocycles. The minimum absolute atomic E-state index is 0.158. The Labute approximate surface area is 82.4 Å². The number of carbonyl (C=O) groups excluding carboxylic acids is 1. The van der Waals surface area contributed by atoms with E-state index in [1.807, 2.05) is 0 Å². The van der Waals surface area contributed by atoms with Crippen LogP contribution in [0.5, 0.6) is 0 Å². The molecule has 2 N–H and O–H groups in total. The molecule has 14 heavy (non-hydrogen) atoms. The molecular formula is C8H6F3NOS. The van der Waals surface area contributed by atoms with Crippen LogP contribution in [0.25, 0.3) is 0 Å². The largest absolute Gasteiger partial charge is 0.416 e. The van der Waals surface area contributed by atoms with Crippen LogP contribution in [0.4, 0.5) is 13.2 Å². The van der Waals surface area contributed by atoms with Gasteiger partial charge in [0.05, 0.1) is 5.56 Å². The van der Waals surface area contributed by atoms with Gasteiger partial charge in [-0.2, -0.15) is 13.2 Å². The minimum Gasteiger partial charge on any atom is -0.280 e. The van der Waals surface area contributed by atoms with Crippen LogP contribution < -0.4 is 5.14 Å². The number of halogens is 3. The number of nitrogens with two attached hydrogens (primary N) is 1. The lowest BCUT2D eigenvalue weighted by Gasteiger charge is -2.06. The molecule has 0 fully saturated rings. The first-order valence-electron chi connectivity index (χ1n) is 3.53. The van der Waals surface area contributed by atoms with E-state index >= 15 is 0 Å². The van der Waals surface area contributed by atoms with E-state index in [0.29, 0.717) is 11.9 Å². The minimum atomic E-state index is -4.38. The van der Waals surface area contributed by atoms with Crippen molar-refractivity contribution in [1.29, 1.82) is 0 Å². The summed E-state index contributed by atoms with van der Waals surface area (Å²) in [7, 11) is 0. The van der Waals surface area contributed by atoms with Crippen molar-refractivity contribution < 1.29 is 18.0 Å². The average Bonchev–Trinajstić information content (AvgIpc) is 2.15. The van der Waals surface area contributed by atoms with Crippen molar-refractivity contribution in [3.8, 4) is 0 Å². The van der Waals surface area contributed by atoms with Gasteiger partial charge in [0.25, 0.3) is 0 Å². The van der Waals surface area contributed by atoms with Gasteiger partial charge in [0.2, 0.25) is 5.12 Å². The summed E-state index contributed by atoms with van der Waals surface area (Å²) in [4.78, 5) is 10.9. The molecule has 1 rings (SSSR count). The van der Waals surface area contributed by atoms with Gasteiger partial charge in [-0.15, -0.1) is 0 Å². The molecule has 0 unspecified atom stereocenters. The predicted molar refractivity (Wildman–Crippen MR) is 47.6 cm³/mol. The highest BCUT2D eigenvalue weighted by Crippen LogP contribution is 2.29. The Morgan fingerprint density at radius 3 is 2.07 bits per heavy atom. The molecule has 0 radical (unpaired) electrons. The second kappa shape index (κ2) is 4.02. The van der Waals surface area contributed by atoms with Crippen LogP contribution in [-0.2, 0) is 6.18 Å². The number of rotatable bonds is 1. The van der Waals surface area contributed by atoms with Gasteiger partial charge in [0, 0.05) is 5.56 Å². The van der Waals surface area contributed by atoms with E-state index in [2.05, 4.69) is 0 Å². The summed E-state index contributed by atoms with van der Waals surface area (Å²) in [6.45, 7) is 0. The van der Waals surface area contributed by atoms with Crippen molar-refractivity contribution in [3.63, 3.8) is 0 Å². The molecule has 0 heterocycles. The predicted octanol–water partition coefficient (Wildman–Crippen LogP) is 2.45. The van der Waals surface area contributed by atoms with Gasteiger partial charge in [-0.1, -0.05) is 0 Å². The van der Waals surface area contributed by atoms with E-state index in [0.717, 1.165) is 24.3 Å². The molecule has 1 aromatic carbocycles. The van der Waals surface area contributed by atoms with E-state index in [9.17, 15) is 18.0 Å². The summed E-state index contributed by atoms with van der Waals surface area (Å²) in [5, 5.41) is 4.51. The van der Waals surface area contributed by atoms with Gasteiger partial charge in [-0.3, -0.25) is 9.93 Å². The van der Waals surface area contributed by atoms with Gasteiger partial charge in [0.1, 0.15) is 0 Å². The summed E-state index contributed by atoms with van der Waals surface area (Å²) < 4.78 is 36.3. The van der Waals surface area contributed by atoms with Crippen LogP contribution in [0.1, 0.15) is 15.9 Å². The van der Waals surface area contributed by atoms with Crippen LogP contribution in [0.15, 0.2) is 24.3 Å². The summed E-state index contributed by atoms with van der Waals surface area (Å²) in [6.07, 6.45) is -4.38. The van der Waals surface area contributed by atoms with Gasteiger partial charge < -0.3 is 0 Å². The lowest BCUT2D eigenvalue weighted by Crippen LogP contribution is -2.05. The highest BCUT2D eigenvalue weighted by molar-refractivity contribution is 8.12. The van der Waals surface area contributed by atoms with E-state index in [1.165, 1.54) is 0 Å². The highest BCUT2D eigenvalue weighted by atomic mass is 32.2. The first-order chi connectivity index (χ1) is 6.45. The quantitative estimate of drug-likeness (QED) is 0.741. The second-order valence-corrected chi connectivity index (χ2v) is 3.09. The molecule has 0 amide bonds. The first kappa shape index (κ1) is 11.1. The van der Waals surface area contributed by atoms with Crippen LogP contribution in [0.2, 0.25) is 0 Å². The van der Waals surface area contributed by atoms with E-state index in [1.54, 1.807) is 0 Å². The molecule has 0 aromatic heterocycles. The van der Waals surface area contributed by atoms with Crippen molar-refractivity contribution >= 4 is 17.1 Å². The van der Waals surface area contributed by atoms with Crippen molar-refractivity contribution in [1.82, 2.24) is 0 Å². The lowest BCUT2D eigenvalue weighted by atomic mass is 10.1. The summed E-state index contributed by atoms with van der Waals surface area (Å²) in [5.41, 5.74) is -0.624. The van der Waals surface area contributed by atoms with E-state index in [-0.39, 0.29) is 5.56 Å². The molecule has 0 spiro atoms. The van der Waals surface area contributed by atoms with Crippen LogP contribution in [0.3, 0.4) is 0 Å². The molecular weight excluding hydrogens is 215 g/mol. The third-order valence-corrected chi connectivity index (χ3v) is 2.00.